The average Bonchev–Trinajstić information content (AvgIpc) is 2.81. The molecule has 0 saturated carbocycles. The fourth-order valence-electron chi connectivity index (χ4n) is 2.44. The third-order valence-corrected chi connectivity index (χ3v) is 4.83. The van der Waals surface area contributed by atoms with E-state index < -0.39 is 0 Å². The molecule has 1 aromatic rings. The lowest BCUT2D eigenvalue weighted by Crippen LogP contribution is -2.68. The average molecular weight is 315 g/mol. The third-order valence-electron chi connectivity index (χ3n) is 3.32. The van der Waals surface area contributed by atoms with Crippen LogP contribution in [0.15, 0.2) is 15.2 Å². The fraction of sp³-hybridized carbons (Fsp3) is 0.455. The highest BCUT2D eigenvalue weighted by Crippen LogP contribution is 2.32. The van der Waals surface area contributed by atoms with E-state index in [-0.39, 0.29) is 17.4 Å². The minimum absolute atomic E-state index is 0.0544. The Morgan fingerprint density at radius 3 is 2.82 bits per heavy atom. The zero-order valence-corrected chi connectivity index (χ0v) is 11.4. The number of hydrogen-bond donors (Lipinski definition) is 1. The lowest BCUT2D eigenvalue weighted by Gasteiger charge is -2.47. The van der Waals surface area contributed by atoms with E-state index in [9.17, 15) is 9.59 Å². The highest BCUT2D eigenvalue weighted by Gasteiger charge is 2.49. The van der Waals surface area contributed by atoms with Crippen molar-refractivity contribution in [2.24, 2.45) is 0 Å². The molecule has 0 aromatic carbocycles. The summed E-state index contributed by atoms with van der Waals surface area (Å²) in [5, 5.41) is 4.82. The normalized spacial score (nSPS) is 21.5. The summed E-state index contributed by atoms with van der Waals surface area (Å²) in [6, 6.07) is 1.84. The second-order valence-electron chi connectivity index (χ2n) is 4.63. The van der Waals surface area contributed by atoms with E-state index in [1.54, 1.807) is 4.90 Å². The van der Waals surface area contributed by atoms with Crippen molar-refractivity contribution in [3.8, 4) is 0 Å². The molecule has 2 aliphatic rings. The van der Waals surface area contributed by atoms with Crippen molar-refractivity contribution in [1.29, 1.82) is 0 Å². The number of nitrogens with one attached hydrogen (secondary N) is 1. The number of halogens is 1. The van der Waals surface area contributed by atoms with Crippen molar-refractivity contribution in [3.05, 3.63) is 20.8 Å². The lowest BCUT2D eigenvalue weighted by molar-refractivity contribution is -0.120. The first-order chi connectivity index (χ1) is 8.08. The maximum Gasteiger partial charge on any atom is 0.254 e. The molecule has 0 radical (unpaired) electrons. The summed E-state index contributed by atoms with van der Waals surface area (Å²) in [4.78, 5) is 25.0. The maximum absolute atomic E-state index is 12.1. The van der Waals surface area contributed by atoms with Gasteiger partial charge in [0.15, 0.2) is 0 Å². The van der Waals surface area contributed by atoms with Crippen LogP contribution < -0.4 is 5.32 Å². The second-order valence-corrected chi connectivity index (χ2v) is 6.92. The van der Waals surface area contributed by atoms with Crippen molar-refractivity contribution in [2.45, 2.75) is 18.4 Å². The van der Waals surface area contributed by atoms with Crippen LogP contribution in [-0.4, -0.2) is 35.3 Å². The molecule has 3 rings (SSSR count). The third kappa shape index (κ3) is 1.89. The molecule has 2 saturated heterocycles. The summed E-state index contributed by atoms with van der Waals surface area (Å²) in [5.41, 5.74) is 0.598. The van der Waals surface area contributed by atoms with Crippen molar-refractivity contribution in [2.75, 3.05) is 13.1 Å². The summed E-state index contributed by atoms with van der Waals surface area (Å²) in [5.74, 6) is 0.161. The molecule has 0 atom stereocenters. The molecule has 4 nitrogen and oxygen atoms in total. The SMILES string of the molecule is O=C1CCC2(CN(C(=O)c3csc(Br)c3)C2)N1. The number of nitrogens with zero attached hydrogens (tertiary/aromatic N) is 1. The van der Waals surface area contributed by atoms with Gasteiger partial charge in [-0.25, -0.2) is 0 Å². The molecule has 1 N–H and O–H groups in total. The van der Waals surface area contributed by atoms with Crippen LogP contribution >= 0.6 is 27.3 Å². The first-order valence-corrected chi connectivity index (χ1v) is 7.10. The molecule has 0 aliphatic carbocycles. The van der Waals surface area contributed by atoms with Crippen LogP contribution in [0.2, 0.25) is 0 Å². The van der Waals surface area contributed by atoms with Crippen molar-refractivity contribution in [1.82, 2.24) is 10.2 Å². The number of carbonyl (C=O) groups excluding carboxylic acids is 2. The van der Waals surface area contributed by atoms with E-state index in [1.807, 2.05) is 11.4 Å². The van der Waals surface area contributed by atoms with Crippen molar-refractivity contribution < 1.29 is 9.59 Å². The van der Waals surface area contributed by atoms with Gasteiger partial charge in [-0.2, -0.15) is 0 Å². The van der Waals surface area contributed by atoms with Gasteiger partial charge in [0, 0.05) is 24.9 Å². The molecular weight excluding hydrogens is 304 g/mol. The van der Waals surface area contributed by atoms with Crippen molar-refractivity contribution in [3.63, 3.8) is 0 Å². The summed E-state index contributed by atoms with van der Waals surface area (Å²) in [6.45, 7) is 1.29. The maximum atomic E-state index is 12.1. The van der Waals surface area contributed by atoms with Gasteiger partial charge in [-0.3, -0.25) is 9.59 Å². The van der Waals surface area contributed by atoms with Gasteiger partial charge in [-0.15, -0.1) is 11.3 Å². The highest BCUT2D eigenvalue weighted by atomic mass is 79.9. The van der Waals surface area contributed by atoms with Crippen LogP contribution in [0.5, 0.6) is 0 Å². The van der Waals surface area contributed by atoms with Crippen LogP contribution in [0.25, 0.3) is 0 Å². The molecule has 6 heteroatoms. The molecular formula is C11H11BrN2O2S. The molecule has 2 fully saturated rings. The van der Waals surface area contributed by atoms with Gasteiger partial charge in [0.2, 0.25) is 5.91 Å². The van der Waals surface area contributed by atoms with Crippen LogP contribution in [0.4, 0.5) is 0 Å². The van der Waals surface area contributed by atoms with Gasteiger partial charge >= 0.3 is 0 Å². The molecule has 2 amide bonds. The first kappa shape index (κ1) is 11.2. The monoisotopic (exact) mass is 314 g/mol. The Balaban J connectivity index is 1.66. The Kier molecular flexibility index (Phi) is 2.52. The molecule has 3 heterocycles. The second kappa shape index (κ2) is 3.81. The zero-order chi connectivity index (χ0) is 12.0. The Morgan fingerprint density at radius 1 is 1.53 bits per heavy atom. The predicted molar refractivity (Wildman–Crippen MR) is 68.0 cm³/mol. The number of rotatable bonds is 1. The first-order valence-electron chi connectivity index (χ1n) is 5.42. The van der Waals surface area contributed by atoms with Crippen LogP contribution in [0.3, 0.4) is 0 Å². The van der Waals surface area contributed by atoms with E-state index in [4.69, 9.17) is 0 Å². The van der Waals surface area contributed by atoms with Gasteiger partial charge in [-0.05, 0) is 28.4 Å². The number of hydrogen-bond acceptors (Lipinski definition) is 3. The topological polar surface area (TPSA) is 49.4 Å². The minimum atomic E-state index is -0.125. The fourth-order valence-corrected chi connectivity index (χ4v) is 3.57. The molecule has 0 bridgehead atoms. The van der Waals surface area contributed by atoms with E-state index >= 15 is 0 Å². The molecule has 1 aromatic heterocycles. The van der Waals surface area contributed by atoms with Crippen LogP contribution in [0.1, 0.15) is 23.2 Å². The highest BCUT2D eigenvalue weighted by molar-refractivity contribution is 9.11. The Labute approximate surface area is 111 Å². The van der Waals surface area contributed by atoms with Gasteiger partial charge in [0.1, 0.15) is 0 Å². The quantitative estimate of drug-likeness (QED) is 0.856. The number of likely N-dealkylation sites (tertiary alicyclic amines) is 1. The predicted octanol–water partition coefficient (Wildman–Crippen LogP) is 1.62. The van der Waals surface area contributed by atoms with Gasteiger partial charge in [0.05, 0.1) is 14.9 Å². The van der Waals surface area contributed by atoms with E-state index in [0.717, 1.165) is 15.8 Å². The van der Waals surface area contributed by atoms with E-state index in [1.165, 1.54) is 11.3 Å². The summed E-state index contributed by atoms with van der Waals surface area (Å²) in [6.07, 6.45) is 1.44. The smallest absolute Gasteiger partial charge is 0.254 e. The molecule has 90 valence electrons. The standard InChI is InChI=1S/C11H11BrN2O2S/c12-8-3-7(4-17-8)10(16)14-5-11(6-14)2-1-9(15)13-11/h3-4H,1-2,5-6H2,(H,13,15). The zero-order valence-electron chi connectivity index (χ0n) is 9.03. The minimum Gasteiger partial charge on any atom is -0.347 e. The van der Waals surface area contributed by atoms with Gasteiger partial charge in [0.25, 0.3) is 5.91 Å². The Hall–Kier alpha value is -0.880. The van der Waals surface area contributed by atoms with E-state index in [2.05, 4.69) is 21.2 Å². The number of thiophene rings is 1. The largest absolute Gasteiger partial charge is 0.347 e. The summed E-state index contributed by atoms with van der Waals surface area (Å²) in [7, 11) is 0. The van der Waals surface area contributed by atoms with Crippen LogP contribution in [-0.2, 0) is 4.79 Å². The van der Waals surface area contributed by atoms with Crippen molar-refractivity contribution >= 4 is 39.1 Å². The molecule has 17 heavy (non-hydrogen) atoms. The number of amides is 2. The molecule has 0 unspecified atom stereocenters. The Bertz CT molecular complexity index is 493. The van der Waals surface area contributed by atoms with Crippen LogP contribution in [0, 0.1) is 0 Å². The van der Waals surface area contributed by atoms with Gasteiger partial charge in [-0.1, -0.05) is 0 Å². The number of carbonyl (C=O) groups is 2. The molecule has 2 aliphatic heterocycles. The summed E-state index contributed by atoms with van der Waals surface area (Å²) >= 11 is 4.86. The lowest BCUT2D eigenvalue weighted by atomic mass is 9.88. The van der Waals surface area contributed by atoms with E-state index in [0.29, 0.717) is 19.5 Å². The Morgan fingerprint density at radius 2 is 2.29 bits per heavy atom. The summed E-state index contributed by atoms with van der Waals surface area (Å²) < 4.78 is 0.963. The van der Waals surface area contributed by atoms with Gasteiger partial charge < -0.3 is 10.2 Å². The molecule has 1 spiro atoms.